The highest BCUT2D eigenvalue weighted by atomic mass is 32.1. The van der Waals surface area contributed by atoms with Crippen LogP contribution >= 0.6 is 11.3 Å². The van der Waals surface area contributed by atoms with Crippen molar-refractivity contribution in [3.8, 4) is 0 Å². The molecule has 1 N–H and O–H groups in total. The van der Waals surface area contributed by atoms with Crippen LogP contribution in [0.5, 0.6) is 0 Å². The van der Waals surface area contributed by atoms with Crippen molar-refractivity contribution in [3.05, 3.63) is 56.8 Å². The smallest absolute Gasteiger partial charge is 0.322 e. The summed E-state index contributed by atoms with van der Waals surface area (Å²) >= 11 is 1.23. The number of rotatable bonds is 6. The average molecular weight is 521 g/mol. The number of carbonyl (C=O) groups excluding carboxylic acids is 4. The van der Waals surface area contributed by atoms with E-state index in [4.69, 9.17) is 0 Å². The van der Waals surface area contributed by atoms with Gasteiger partial charge in [0, 0.05) is 29.6 Å². The quantitative estimate of drug-likeness (QED) is 0.562. The van der Waals surface area contributed by atoms with Gasteiger partial charge in [-0.1, -0.05) is 45.0 Å². The number of aryl methyl sites for hydroxylation is 1. The first-order valence-electron chi connectivity index (χ1n) is 11.7. The molecule has 1 fully saturated rings. The molecule has 3 amide bonds. The standard InChI is InChI=1S/C26H27F3N2O4S/c1-25(2,3)15-6-4-14(5-7-15)22(26(27,28)29)19(32)9-10-20-16-12-31(24(35)17(16)13-36-20)18-8-11-21(33)30-23(18)34/h4-7,13,18,22H,8-12H2,1-3H3,(H,30,33,34). The number of hydrogen-bond acceptors (Lipinski definition) is 5. The third-order valence-corrected chi connectivity index (χ3v) is 7.83. The van der Waals surface area contributed by atoms with E-state index >= 15 is 0 Å². The zero-order valence-electron chi connectivity index (χ0n) is 20.2. The molecule has 0 aliphatic carbocycles. The topological polar surface area (TPSA) is 83.6 Å². The van der Waals surface area contributed by atoms with E-state index in [2.05, 4.69) is 5.32 Å². The molecule has 0 saturated carbocycles. The van der Waals surface area contributed by atoms with Gasteiger partial charge in [-0.3, -0.25) is 24.5 Å². The Morgan fingerprint density at radius 1 is 1.14 bits per heavy atom. The van der Waals surface area contributed by atoms with Gasteiger partial charge in [0.15, 0.2) is 0 Å². The minimum Gasteiger partial charge on any atom is -0.322 e. The van der Waals surface area contributed by atoms with E-state index < -0.39 is 29.8 Å². The molecule has 0 spiro atoms. The number of halogens is 3. The lowest BCUT2D eigenvalue weighted by Gasteiger charge is -2.29. The summed E-state index contributed by atoms with van der Waals surface area (Å²) in [6.45, 7) is 6.00. The summed E-state index contributed by atoms with van der Waals surface area (Å²) in [6.07, 6.45) is -4.63. The number of alkyl halides is 3. The molecule has 10 heteroatoms. The van der Waals surface area contributed by atoms with Gasteiger partial charge in [0.25, 0.3) is 5.91 Å². The molecule has 2 unspecified atom stereocenters. The molecule has 1 aromatic heterocycles. The van der Waals surface area contributed by atoms with Gasteiger partial charge >= 0.3 is 6.18 Å². The summed E-state index contributed by atoms with van der Waals surface area (Å²) in [5.74, 6) is -4.42. The third-order valence-electron chi connectivity index (χ3n) is 6.74. The number of thiophene rings is 1. The average Bonchev–Trinajstić information content (AvgIpc) is 3.31. The number of fused-ring (bicyclic) bond motifs is 1. The Hall–Kier alpha value is -3.01. The Balaban J connectivity index is 1.48. The van der Waals surface area contributed by atoms with Crippen LogP contribution in [0.25, 0.3) is 0 Å². The number of ketones is 1. The number of carbonyl (C=O) groups is 4. The number of benzene rings is 1. The number of Topliss-reactive ketones (excluding diaryl/α,β-unsaturated/α-hetero) is 1. The summed E-state index contributed by atoms with van der Waals surface area (Å²) in [5.41, 5.74) is 1.60. The van der Waals surface area contributed by atoms with Crippen LogP contribution in [0.3, 0.4) is 0 Å². The maximum Gasteiger partial charge on any atom is 0.402 e. The zero-order valence-corrected chi connectivity index (χ0v) is 21.0. The van der Waals surface area contributed by atoms with Gasteiger partial charge in [-0.2, -0.15) is 13.2 Å². The number of nitrogens with one attached hydrogen (secondary N) is 1. The molecule has 1 saturated heterocycles. The van der Waals surface area contributed by atoms with Crippen LogP contribution in [0.15, 0.2) is 29.6 Å². The summed E-state index contributed by atoms with van der Waals surface area (Å²) < 4.78 is 41.8. The Labute approximate surface area is 210 Å². The molecule has 0 radical (unpaired) electrons. The molecule has 2 aromatic rings. The van der Waals surface area contributed by atoms with Crippen molar-refractivity contribution < 1.29 is 32.3 Å². The van der Waals surface area contributed by atoms with Gasteiger partial charge in [0.2, 0.25) is 11.8 Å². The molecule has 2 aliphatic rings. The fourth-order valence-corrected chi connectivity index (χ4v) is 5.77. The highest BCUT2D eigenvalue weighted by Gasteiger charge is 2.46. The maximum atomic E-state index is 13.9. The third kappa shape index (κ3) is 5.09. The second kappa shape index (κ2) is 9.46. The summed E-state index contributed by atoms with van der Waals surface area (Å²) in [7, 11) is 0. The lowest BCUT2D eigenvalue weighted by Crippen LogP contribution is -2.52. The van der Waals surface area contributed by atoms with Crippen LogP contribution in [-0.2, 0) is 32.8 Å². The van der Waals surface area contributed by atoms with Gasteiger partial charge in [-0.15, -0.1) is 11.3 Å². The van der Waals surface area contributed by atoms with Gasteiger partial charge < -0.3 is 4.90 Å². The Morgan fingerprint density at radius 2 is 1.81 bits per heavy atom. The maximum absolute atomic E-state index is 13.9. The van der Waals surface area contributed by atoms with E-state index in [1.54, 1.807) is 17.5 Å². The van der Waals surface area contributed by atoms with Gasteiger partial charge in [-0.25, -0.2) is 0 Å². The number of piperidine rings is 1. The van der Waals surface area contributed by atoms with E-state index in [0.29, 0.717) is 16.0 Å². The molecule has 1 aromatic carbocycles. The van der Waals surface area contributed by atoms with Crippen LogP contribution in [-0.4, -0.2) is 40.6 Å². The van der Waals surface area contributed by atoms with Crippen LogP contribution in [0.1, 0.15) is 77.9 Å². The first kappa shape index (κ1) is 26.1. The van der Waals surface area contributed by atoms with Gasteiger partial charge in [0.05, 0.1) is 5.56 Å². The van der Waals surface area contributed by atoms with E-state index in [9.17, 15) is 32.3 Å². The molecular weight excluding hydrogens is 493 g/mol. The summed E-state index contributed by atoms with van der Waals surface area (Å²) in [6, 6.07) is 5.23. The first-order chi connectivity index (χ1) is 16.8. The van der Waals surface area contributed by atoms with Crippen molar-refractivity contribution >= 4 is 34.8 Å². The predicted molar refractivity (Wildman–Crippen MR) is 128 cm³/mol. The molecule has 2 atom stereocenters. The monoisotopic (exact) mass is 520 g/mol. The van der Waals surface area contributed by atoms with Gasteiger partial charge in [0.1, 0.15) is 17.7 Å². The molecule has 192 valence electrons. The zero-order chi connectivity index (χ0) is 26.4. The fourth-order valence-electron chi connectivity index (χ4n) is 4.73. The van der Waals surface area contributed by atoms with Crippen LogP contribution in [0, 0.1) is 0 Å². The number of imide groups is 1. The highest BCUT2D eigenvalue weighted by molar-refractivity contribution is 7.10. The van der Waals surface area contributed by atoms with Crippen LogP contribution in [0.4, 0.5) is 13.2 Å². The van der Waals surface area contributed by atoms with Crippen molar-refractivity contribution in [2.75, 3.05) is 0 Å². The van der Waals surface area contributed by atoms with E-state index in [1.807, 2.05) is 20.8 Å². The van der Waals surface area contributed by atoms with Crippen molar-refractivity contribution in [1.29, 1.82) is 0 Å². The van der Waals surface area contributed by atoms with Gasteiger partial charge in [-0.05, 0) is 34.9 Å². The minimum atomic E-state index is -4.73. The first-order valence-corrected chi connectivity index (χ1v) is 12.6. The van der Waals surface area contributed by atoms with E-state index in [0.717, 1.165) is 5.56 Å². The van der Waals surface area contributed by atoms with Crippen LogP contribution in [0.2, 0.25) is 0 Å². The number of hydrogen-bond donors (Lipinski definition) is 1. The van der Waals surface area contributed by atoms with Crippen molar-refractivity contribution in [2.45, 2.75) is 76.6 Å². The molecule has 3 heterocycles. The van der Waals surface area contributed by atoms with Crippen molar-refractivity contribution in [3.63, 3.8) is 0 Å². The fraction of sp³-hybridized carbons (Fsp3) is 0.462. The van der Waals surface area contributed by atoms with Crippen LogP contribution < -0.4 is 5.32 Å². The molecule has 4 rings (SSSR count). The second-order valence-electron chi connectivity index (χ2n) is 10.3. The Bertz CT molecular complexity index is 1210. The van der Waals surface area contributed by atoms with E-state index in [1.165, 1.54) is 28.4 Å². The summed E-state index contributed by atoms with van der Waals surface area (Å²) in [5, 5.41) is 3.85. The van der Waals surface area contributed by atoms with Crippen molar-refractivity contribution in [1.82, 2.24) is 10.2 Å². The molecule has 2 aliphatic heterocycles. The molecule has 6 nitrogen and oxygen atoms in total. The highest BCUT2D eigenvalue weighted by Crippen LogP contribution is 2.39. The largest absolute Gasteiger partial charge is 0.402 e. The lowest BCUT2D eigenvalue weighted by atomic mass is 9.84. The number of amides is 3. The second-order valence-corrected chi connectivity index (χ2v) is 11.2. The molecule has 0 bridgehead atoms. The normalized spacial score (nSPS) is 19.3. The summed E-state index contributed by atoms with van der Waals surface area (Å²) in [4.78, 5) is 51.4. The minimum absolute atomic E-state index is 0.0714. The Kier molecular flexibility index (Phi) is 6.85. The number of nitrogens with zero attached hydrogens (tertiary/aromatic N) is 1. The Morgan fingerprint density at radius 3 is 2.39 bits per heavy atom. The SMILES string of the molecule is CC(C)(C)c1ccc(C(C(=O)CCc2scc3c2CN(C2CCC(=O)NC2=O)C3=O)C(F)(F)F)cc1. The van der Waals surface area contributed by atoms with Crippen molar-refractivity contribution in [2.24, 2.45) is 0 Å². The predicted octanol–water partition coefficient (Wildman–Crippen LogP) is 4.65. The molecular formula is C26H27F3N2O4S. The lowest BCUT2D eigenvalue weighted by molar-refractivity contribution is -0.163. The molecule has 36 heavy (non-hydrogen) atoms. The van der Waals surface area contributed by atoms with E-state index in [-0.39, 0.29) is 55.0 Å².